The third-order valence-electron chi connectivity index (χ3n) is 4.18. The number of hydrogen-bond acceptors (Lipinski definition) is 5. The molecular weight excluding hydrogens is 471 g/mol. The van der Waals surface area contributed by atoms with Gasteiger partial charge in [0.2, 0.25) is 0 Å². The van der Waals surface area contributed by atoms with Crippen LogP contribution in [-0.4, -0.2) is 54.9 Å². The minimum absolute atomic E-state index is 0. The van der Waals surface area contributed by atoms with Gasteiger partial charge in [-0.05, 0) is 13.8 Å². The number of hydrogen-bond donors (Lipinski definition) is 1. The van der Waals surface area contributed by atoms with Crippen molar-refractivity contribution in [3.05, 3.63) is 16.1 Å². The first-order valence-corrected chi connectivity index (χ1v) is 10.6. The van der Waals surface area contributed by atoms with Crippen molar-refractivity contribution in [1.82, 2.24) is 15.2 Å². The molecule has 144 valence electrons. The van der Waals surface area contributed by atoms with Gasteiger partial charge in [0.25, 0.3) is 0 Å². The van der Waals surface area contributed by atoms with Crippen LogP contribution >= 0.6 is 35.3 Å². The van der Waals surface area contributed by atoms with Gasteiger partial charge in [-0.25, -0.2) is 13.4 Å². The molecular formula is C16H29IN4O2S2. The Labute approximate surface area is 172 Å². The van der Waals surface area contributed by atoms with Crippen LogP contribution in [0.2, 0.25) is 0 Å². The van der Waals surface area contributed by atoms with Gasteiger partial charge in [-0.1, -0.05) is 20.8 Å². The predicted octanol–water partition coefficient (Wildman–Crippen LogP) is 2.64. The molecule has 25 heavy (non-hydrogen) atoms. The average molecular weight is 500 g/mol. The molecule has 2 rings (SSSR count). The molecule has 1 saturated heterocycles. The van der Waals surface area contributed by atoms with Crippen LogP contribution in [-0.2, 0) is 21.8 Å². The summed E-state index contributed by atoms with van der Waals surface area (Å²) in [6.07, 6.45) is 0. The van der Waals surface area contributed by atoms with E-state index in [0.29, 0.717) is 19.6 Å². The van der Waals surface area contributed by atoms with Gasteiger partial charge < -0.3 is 10.2 Å². The molecule has 1 N–H and O–H groups in total. The van der Waals surface area contributed by atoms with E-state index < -0.39 is 14.6 Å². The van der Waals surface area contributed by atoms with Gasteiger partial charge in [0.05, 0.1) is 27.7 Å². The zero-order valence-electron chi connectivity index (χ0n) is 15.8. The minimum Gasteiger partial charge on any atom is -0.351 e. The molecule has 0 bridgehead atoms. The molecule has 0 saturated carbocycles. The number of rotatable bonds is 2. The monoisotopic (exact) mass is 500 g/mol. The van der Waals surface area contributed by atoms with Crippen molar-refractivity contribution in [3.8, 4) is 0 Å². The van der Waals surface area contributed by atoms with Gasteiger partial charge in [0, 0.05) is 30.9 Å². The van der Waals surface area contributed by atoms with Crippen LogP contribution < -0.4 is 5.32 Å². The Morgan fingerprint density at radius 2 is 2.08 bits per heavy atom. The van der Waals surface area contributed by atoms with Gasteiger partial charge in [-0.15, -0.1) is 35.3 Å². The fourth-order valence-corrected chi connectivity index (χ4v) is 4.83. The van der Waals surface area contributed by atoms with Crippen LogP contribution in [0.4, 0.5) is 0 Å². The molecule has 2 heterocycles. The highest BCUT2D eigenvalue weighted by molar-refractivity contribution is 14.0. The summed E-state index contributed by atoms with van der Waals surface area (Å²) in [6, 6.07) is 0. The highest BCUT2D eigenvalue weighted by atomic mass is 127. The maximum absolute atomic E-state index is 12.1. The standard InChI is InChI=1S/C16H28N4O2S2.HI/c1-15(2,3)13-19-12(10-23-13)9-18-14(17-6)20-7-8-24(21,22)16(4,5)11-20;/h10H,7-9,11H2,1-6H3,(H,17,18);1H. The molecule has 0 radical (unpaired) electrons. The lowest BCUT2D eigenvalue weighted by Crippen LogP contribution is -2.57. The first-order chi connectivity index (χ1) is 11.0. The predicted molar refractivity (Wildman–Crippen MR) is 116 cm³/mol. The molecule has 1 aliphatic heterocycles. The number of nitrogens with one attached hydrogen (secondary N) is 1. The first-order valence-electron chi connectivity index (χ1n) is 8.09. The van der Waals surface area contributed by atoms with Crippen LogP contribution in [0.3, 0.4) is 0 Å². The van der Waals surface area contributed by atoms with Crippen LogP contribution in [0.5, 0.6) is 0 Å². The summed E-state index contributed by atoms with van der Waals surface area (Å²) in [5, 5.41) is 6.48. The SMILES string of the molecule is CN=C(NCc1csc(C(C)(C)C)n1)N1CCS(=O)(=O)C(C)(C)C1.I. The van der Waals surface area contributed by atoms with Crippen LogP contribution in [0.1, 0.15) is 45.3 Å². The molecule has 0 atom stereocenters. The van der Waals surface area contributed by atoms with Gasteiger partial charge in [-0.3, -0.25) is 4.99 Å². The van der Waals surface area contributed by atoms with Gasteiger partial charge in [0.1, 0.15) is 0 Å². The molecule has 1 aromatic heterocycles. The average Bonchev–Trinajstić information content (AvgIpc) is 2.92. The maximum Gasteiger partial charge on any atom is 0.194 e. The summed E-state index contributed by atoms with van der Waals surface area (Å²) in [6.45, 7) is 11.5. The smallest absolute Gasteiger partial charge is 0.194 e. The lowest BCUT2D eigenvalue weighted by molar-refractivity contribution is 0.353. The van der Waals surface area contributed by atoms with Crippen molar-refractivity contribution in [1.29, 1.82) is 0 Å². The quantitative estimate of drug-likeness (QED) is 0.384. The molecule has 6 nitrogen and oxygen atoms in total. The van der Waals surface area contributed by atoms with E-state index in [-0.39, 0.29) is 35.1 Å². The van der Waals surface area contributed by atoms with Crippen molar-refractivity contribution >= 4 is 51.1 Å². The second-order valence-corrected chi connectivity index (χ2v) is 11.4. The summed E-state index contributed by atoms with van der Waals surface area (Å²) < 4.78 is 23.5. The summed E-state index contributed by atoms with van der Waals surface area (Å²) in [5.74, 6) is 0.884. The van der Waals surface area contributed by atoms with E-state index in [1.807, 2.05) is 4.90 Å². The molecule has 1 fully saturated rings. The lowest BCUT2D eigenvalue weighted by Gasteiger charge is -2.39. The first kappa shape index (κ1) is 22.6. The molecule has 1 aliphatic rings. The third kappa shape index (κ3) is 5.29. The van der Waals surface area contributed by atoms with E-state index in [9.17, 15) is 8.42 Å². The topological polar surface area (TPSA) is 74.7 Å². The van der Waals surface area contributed by atoms with Crippen LogP contribution in [0.15, 0.2) is 10.4 Å². The van der Waals surface area contributed by atoms with Crippen molar-refractivity contribution in [2.75, 3.05) is 25.9 Å². The second-order valence-electron chi connectivity index (χ2n) is 7.79. The van der Waals surface area contributed by atoms with Crippen molar-refractivity contribution in [2.45, 2.75) is 51.3 Å². The summed E-state index contributed by atoms with van der Waals surface area (Å²) in [5.41, 5.74) is 1.03. The molecule has 0 spiro atoms. The number of thiazole rings is 1. The molecule has 0 unspecified atom stereocenters. The van der Waals surface area contributed by atoms with Crippen molar-refractivity contribution < 1.29 is 8.42 Å². The normalized spacial score (nSPS) is 20.1. The number of aromatic nitrogens is 1. The molecule has 1 aromatic rings. The lowest BCUT2D eigenvalue weighted by atomic mass is 9.98. The Hall–Kier alpha value is -0.420. The Balaban J connectivity index is 0.00000312. The Bertz CT molecular complexity index is 721. The molecule has 0 aromatic carbocycles. The van der Waals surface area contributed by atoms with Crippen molar-refractivity contribution in [2.24, 2.45) is 4.99 Å². The fraction of sp³-hybridized carbons (Fsp3) is 0.750. The van der Waals surface area contributed by atoms with Crippen LogP contribution in [0.25, 0.3) is 0 Å². The molecule has 0 aliphatic carbocycles. The summed E-state index contributed by atoms with van der Waals surface area (Å²) in [4.78, 5) is 11.0. The van der Waals surface area contributed by atoms with Crippen LogP contribution in [0, 0.1) is 0 Å². The summed E-state index contributed by atoms with van der Waals surface area (Å²) in [7, 11) is -1.33. The Kier molecular flexibility index (Phi) is 7.31. The minimum atomic E-state index is -3.05. The number of sulfone groups is 1. The number of nitrogens with zero attached hydrogens (tertiary/aromatic N) is 3. The molecule has 0 amide bonds. The van der Waals surface area contributed by atoms with E-state index >= 15 is 0 Å². The van der Waals surface area contributed by atoms with E-state index in [4.69, 9.17) is 0 Å². The number of aliphatic imine (C=N–C) groups is 1. The van der Waals surface area contributed by atoms with E-state index in [2.05, 4.69) is 41.4 Å². The fourth-order valence-electron chi connectivity index (χ4n) is 2.56. The number of guanidine groups is 1. The zero-order valence-corrected chi connectivity index (χ0v) is 19.8. The van der Waals surface area contributed by atoms with Gasteiger partial charge >= 0.3 is 0 Å². The Morgan fingerprint density at radius 3 is 2.56 bits per heavy atom. The third-order valence-corrected chi connectivity index (χ3v) is 8.03. The molecule has 9 heteroatoms. The van der Waals surface area contributed by atoms with Crippen molar-refractivity contribution in [3.63, 3.8) is 0 Å². The van der Waals surface area contributed by atoms with E-state index in [1.165, 1.54) is 0 Å². The largest absolute Gasteiger partial charge is 0.351 e. The highest BCUT2D eigenvalue weighted by Crippen LogP contribution is 2.26. The van der Waals surface area contributed by atoms with Gasteiger partial charge in [-0.2, -0.15) is 0 Å². The number of halogens is 1. The maximum atomic E-state index is 12.1. The van der Waals surface area contributed by atoms with E-state index in [1.54, 1.807) is 32.2 Å². The van der Waals surface area contributed by atoms with Gasteiger partial charge in [0.15, 0.2) is 15.8 Å². The zero-order chi connectivity index (χ0) is 18.2. The summed E-state index contributed by atoms with van der Waals surface area (Å²) >= 11 is 1.67. The Morgan fingerprint density at radius 1 is 1.44 bits per heavy atom. The van der Waals surface area contributed by atoms with E-state index in [0.717, 1.165) is 16.7 Å². The second kappa shape index (κ2) is 8.08. The highest BCUT2D eigenvalue weighted by Gasteiger charge is 2.40.